The van der Waals surface area contributed by atoms with E-state index in [-0.39, 0.29) is 23.1 Å². The molecule has 1 saturated carbocycles. The maximum Gasteiger partial charge on any atom is 0.254 e. The van der Waals surface area contributed by atoms with Gasteiger partial charge in [0.05, 0.1) is 31.1 Å². The molecule has 1 aromatic carbocycles. The third-order valence-electron chi connectivity index (χ3n) is 7.90. The molecule has 3 heterocycles. The summed E-state index contributed by atoms with van der Waals surface area (Å²) in [5.41, 5.74) is 4.81. The fourth-order valence-corrected chi connectivity index (χ4v) is 6.03. The lowest BCUT2D eigenvalue weighted by atomic mass is 9.60. The molecule has 38 heavy (non-hydrogen) atoms. The number of benzene rings is 1. The van der Waals surface area contributed by atoms with Gasteiger partial charge in [0.2, 0.25) is 5.95 Å². The number of pyridine rings is 1. The summed E-state index contributed by atoms with van der Waals surface area (Å²) in [6.45, 7) is 6.16. The highest BCUT2D eigenvalue weighted by molar-refractivity contribution is 5.98. The third-order valence-corrected chi connectivity index (χ3v) is 7.90. The number of fused-ring (bicyclic) bond motifs is 2. The second-order valence-electron chi connectivity index (χ2n) is 10.8. The van der Waals surface area contributed by atoms with Crippen molar-refractivity contribution in [2.45, 2.75) is 57.7 Å². The number of nitrogens with one attached hydrogen (secondary N) is 1. The molecule has 0 bridgehead atoms. The molecule has 2 aliphatic rings. The first kappa shape index (κ1) is 26.2. The third kappa shape index (κ3) is 4.64. The predicted molar refractivity (Wildman–Crippen MR) is 145 cm³/mol. The zero-order valence-corrected chi connectivity index (χ0v) is 22.9. The number of hydrogen-bond donors (Lipinski definition) is 1. The molecule has 1 atom stereocenters. The van der Waals surface area contributed by atoms with Crippen molar-refractivity contribution < 1.29 is 13.9 Å². The maximum absolute atomic E-state index is 14.2. The van der Waals surface area contributed by atoms with Crippen molar-refractivity contribution in [3.63, 3.8) is 0 Å². The van der Waals surface area contributed by atoms with Crippen LogP contribution in [0.2, 0.25) is 0 Å². The van der Waals surface area contributed by atoms with Gasteiger partial charge in [-0.25, -0.2) is 9.37 Å². The molecule has 9 heteroatoms. The van der Waals surface area contributed by atoms with Gasteiger partial charge in [-0.3, -0.25) is 9.78 Å². The Morgan fingerprint density at radius 1 is 1.24 bits per heavy atom. The van der Waals surface area contributed by atoms with Crippen LogP contribution in [0.4, 0.5) is 10.3 Å². The van der Waals surface area contributed by atoms with Gasteiger partial charge in [-0.2, -0.15) is 0 Å². The van der Waals surface area contributed by atoms with Crippen molar-refractivity contribution >= 4 is 11.9 Å². The number of rotatable bonds is 9. The lowest BCUT2D eigenvalue weighted by Crippen LogP contribution is -2.54. The Morgan fingerprint density at radius 3 is 2.68 bits per heavy atom. The Hall–Kier alpha value is -3.46. The first-order valence-corrected chi connectivity index (χ1v) is 13.4. The molecule has 5 rings (SSSR count). The summed E-state index contributed by atoms with van der Waals surface area (Å²) in [6, 6.07) is 5.64. The number of nitrogens with zero attached hydrogens (tertiary/aromatic N) is 5. The molecule has 0 unspecified atom stereocenters. The van der Waals surface area contributed by atoms with Crippen molar-refractivity contribution in [1.82, 2.24) is 24.3 Å². The molecule has 1 aliphatic carbocycles. The summed E-state index contributed by atoms with van der Waals surface area (Å²) in [7, 11) is 5.99. The molecule has 3 aromatic rings. The van der Waals surface area contributed by atoms with E-state index in [2.05, 4.69) is 46.4 Å². The minimum atomic E-state index is -0.494. The molecule has 1 amide bonds. The van der Waals surface area contributed by atoms with Crippen LogP contribution in [0.5, 0.6) is 5.75 Å². The summed E-state index contributed by atoms with van der Waals surface area (Å²) in [5, 5.41) is 3.13. The van der Waals surface area contributed by atoms with Gasteiger partial charge < -0.3 is 24.4 Å². The fourth-order valence-electron chi connectivity index (χ4n) is 6.03. The van der Waals surface area contributed by atoms with Crippen LogP contribution in [0.15, 0.2) is 36.8 Å². The van der Waals surface area contributed by atoms with E-state index in [0.717, 1.165) is 42.9 Å². The highest BCUT2D eigenvalue weighted by atomic mass is 19.1. The minimum absolute atomic E-state index is 0.00422. The van der Waals surface area contributed by atoms with Gasteiger partial charge in [0.15, 0.2) is 11.6 Å². The standard InChI is InChI=1S/C29H37FN6O2/c1-6-38-25-14-24(33-15-23(25)30)19(2)36-18-29(8-7-9-29)26-21(17-34(4)5)12-20(13-22(26)27(36)37)16-35-11-10-32-28(35)31-3/h10-15,19H,6-9,16-18H2,1-5H3,(H,31,32)/t19-/m0/s1. The van der Waals surface area contributed by atoms with E-state index >= 15 is 0 Å². The van der Waals surface area contributed by atoms with Gasteiger partial charge in [0.25, 0.3) is 5.91 Å². The SMILES string of the molecule is CCOc1cc([C@H](C)N2CC3(CCC3)c3c(CN(C)C)cc(Cn4ccnc4NC)cc3C2=O)ncc1F. The highest BCUT2D eigenvalue weighted by Gasteiger charge is 2.49. The van der Waals surface area contributed by atoms with Crippen LogP contribution in [0.3, 0.4) is 0 Å². The normalized spacial score (nSPS) is 16.9. The fraction of sp³-hybridized carbons (Fsp3) is 0.483. The Kier molecular flexibility index (Phi) is 7.13. The second kappa shape index (κ2) is 10.4. The Morgan fingerprint density at radius 2 is 2.03 bits per heavy atom. The van der Waals surface area contributed by atoms with E-state index in [0.29, 0.717) is 25.4 Å². The number of imidazole rings is 1. The summed E-state index contributed by atoms with van der Waals surface area (Å²) < 4.78 is 21.8. The van der Waals surface area contributed by atoms with E-state index < -0.39 is 5.82 Å². The topological polar surface area (TPSA) is 75.5 Å². The number of hydrogen-bond acceptors (Lipinski definition) is 6. The van der Waals surface area contributed by atoms with E-state index in [4.69, 9.17) is 4.74 Å². The van der Waals surface area contributed by atoms with Crippen molar-refractivity contribution in [2.75, 3.05) is 39.6 Å². The van der Waals surface area contributed by atoms with E-state index in [1.165, 1.54) is 17.3 Å². The van der Waals surface area contributed by atoms with Crippen molar-refractivity contribution in [3.05, 3.63) is 70.6 Å². The molecule has 8 nitrogen and oxygen atoms in total. The monoisotopic (exact) mass is 520 g/mol. The number of carbonyl (C=O) groups excluding carboxylic acids is 1. The number of amides is 1. The van der Waals surface area contributed by atoms with Crippen LogP contribution in [-0.2, 0) is 18.5 Å². The Bertz CT molecular complexity index is 1330. The number of aromatic nitrogens is 3. The van der Waals surface area contributed by atoms with Crippen LogP contribution in [-0.4, -0.2) is 64.5 Å². The number of halogens is 1. The molecule has 1 aliphatic heterocycles. The largest absolute Gasteiger partial charge is 0.491 e. The summed E-state index contributed by atoms with van der Waals surface area (Å²) in [6.07, 6.45) is 8.14. The van der Waals surface area contributed by atoms with Gasteiger partial charge in [-0.1, -0.05) is 12.5 Å². The Labute approximate surface area is 223 Å². The quantitative estimate of drug-likeness (QED) is 0.444. The van der Waals surface area contributed by atoms with E-state index in [1.54, 1.807) is 12.3 Å². The van der Waals surface area contributed by atoms with Gasteiger partial charge in [-0.15, -0.1) is 0 Å². The molecular formula is C29H37FN6O2. The van der Waals surface area contributed by atoms with Gasteiger partial charge in [0, 0.05) is 49.6 Å². The smallest absolute Gasteiger partial charge is 0.254 e. The highest BCUT2D eigenvalue weighted by Crippen LogP contribution is 2.51. The molecular weight excluding hydrogens is 483 g/mol. The van der Waals surface area contributed by atoms with Gasteiger partial charge >= 0.3 is 0 Å². The zero-order chi connectivity index (χ0) is 27.0. The van der Waals surface area contributed by atoms with Crippen LogP contribution < -0.4 is 10.1 Å². The zero-order valence-electron chi connectivity index (χ0n) is 22.9. The molecule has 0 radical (unpaired) electrons. The predicted octanol–water partition coefficient (Wildman–Crippen LogP) is 4.61. The van der Waals surface area contributed by atoms with Crippen molar-refractivity contribution in [1.29, 1.82) is 0 Å². The first-order chi connectivity index (χ1) is 18.3. The van der Waals surface area contributed by atoms with Gasteiger partial charge in [-0.05, 0) is 63.5 Å². The molecule has 1 fully saturated rings. The number of anilines is 1. The van der Waals surface area contributed by atoms with Crippen LogP contribution in [0.25, 0.3) is 0 Å². The Balaban J connectivity index is 1.58. The molecule has 202 valence electrons. The second-order valence-corrected chi connectivity index (χ2v) is 10.8. The van der Waals surface area contributed by atoms with Crippen molar-refractivity contribution in [2.24, 2.45) is 0 Å². The number of carbonyl (C=O) groups is 1. The molecule has 2 aromatic heterocycles. The summed E-state index contributed by atoms with van der Waals surface area (Å²) in [5.74, 6) is 0.452. The summed E-state index contributed by atoms with van der Waals surface area (Å²) >= 11 is 0. The van der Waals surface area contributed by atoms with E-state index in [9.17, 15) is 9.18 Å². The van der Waals surface area contributed by atoms with Gasteiger partial charge in [0.1, 0.15) is 0 Å². The van der Waals surface area contributed by atoms with Crippen LogP contribution in [0, 0.1) is 5.82 Å². The minimum Gasteiger partial charge on any atom is -0.491 e. The lowest BCUT2D eigenvalue weighted by molar-refractivity contribution is 0.0482. The van der Waals surface area contributed by atoms with E-state index in [1.807, 2.05) is 36.6 Å². The number of ether oxygens (including phenoxy) is 1. The molecule has 1 spiro atoms. The van der Waals surface area contributed by atoms with Crippen molar-refractivity contribution in [3.8, 4) is 5.75 Å². The molecule has 0 saturated heterocycles. The average molecular weight is 521 g/mol. The summed E-state index contributed by atoms with van der Waals surface area (Å²) in [4.78, 5) is 27.0. The molecule has 1 N–H and O–H groups in total. The maximum atomic E-state index is 14.2. The van der Waals surface area contributed by atoms with Crippen LogP contribution >= 0.6 is 0 Å². The first-order valence-electron chi connectivity index (χ1n) is 13.4. The lowest BCUT2D eigenvalue weighted by Gasteiger charge is -2.52. The van der Waals surface area contributed by atoms with Crippen LogP contribution in [0.1, 0.15) is 71.9 Å². The average Bonchev–Trinajstić information content (AvgIpc) is 3.31.